The van der Waals surface area contributed by atoms with Crippen LogP contribution in [0.5, 0.6) is 0 Å². The Morgan fingerprint density at radius 1 is 0.600 bits per heavy atom. The third kappa shape index (κ3) is 14.3. The van der Waals surface area contributed by atoms with Gasteiger partial charge in [-0.25, -0.2) is 38.3 Å². The van der Waals surface area contributed by atoms with E-state index in [2.05, 4.69) is 96.8 Å². The molecule has 444 valence electrons. The molecule has 0 aliphatic carbocycles. The van der Waals surface area contributed by atoms with Crippen LogP contribution in [0.2, 0.25) is 51.4 Å². The minimum absolute atomic E-state index is 0.118. The van der Waals surface area contributed by atoms with Crippen molar-refractivity contribution in [2.45, 2.75) is 84.1 Å². The number of rotatable bonds is 17. The van der Waals surface area contributed by atoms with E-state index in [4.69, 9.17) is 22.1 Å². The van der Waals surface area contributed by atoms with E-state index >= 15 is 0 Å². The average Bonchev–Trinajstić information content (AvgIpc) is 1.83. The van der Waals surface area contributed by atoms with E-state index in [1.807, 2.05) is 59.3 Å². The summed E-state index contributed by atoms with van der Waals surface area (Å²) < 4.78 is 58.8. The van der Waals surface area contributed by atoms with Gasteiger partial charge in [0.15, 0.2) is 44.7 Å². The Kier molecular flexibility index (Phi) is 18.9. The Bertz CT molecular complexity index is 4190. The maximum absolute atomic E-state index is 14.0. The molecule has 22 heteroatoms. The van der Waals surface area contributed by atoms with Crippen LogP contribution in [0.15, 0.2) is 134 Å². The molecule has 0 bridgehead atoms. The van der Waals surface area contributed by atoms with Gasteiger partial charge < -0.3 is 31.9 Å². The molecule has 0 saturated carbocycles. The van der Waals surface area contributed by atoms with Crippen molar-refractivity contribution in [3.63, 3.8) is 0 Å². The van der Waals surface area contributed by atoms with Crippen molar-refractivity contribution in [1.29, 1.82) is 0 Å². The number of pyridine rings is 2. The van der Waals surface area contributed by atoms with Gasteiger partial charge in [0, 0.05) is 103 Å². The number of benzene rings is 4. The smallest absolute Gasteiger partial charge is 0.364 e. The summed E-state index contributed by atoms with van der Waals surface area (Å²) in [4.78, 5) is 63.3. The van der Waals surface area contributed by atoms with Crippen molar-refractivity contribution in [2.24, 2.45) is 0 Å². The molecule has 6 aromatic heterocycles. The van der Waals surface area contributed by atoms with Crippen LogP contribution in [0.3, 0.4) is 0 Å². The van der Waals surface area contributed by atoms with Crippen LogP contribution in [-0.4, -0.2) is 115 Å². The largest absolute Gasteiger partial charge is 0.421 e. The lowest BCUT2D eigenvalue weighted by Crippen LogP contribution is -2.48. The molecular weight excluding hydrogens is 1180 g/mol. The summed E-state index contributed by atoms with van der Waals surface area (Å²) >= 11 is 2.93. The van der Waals surface area contributed by atoms with Gasteiger partial charge in [0.2, 0.25) is 5.78 Å². The standard InChI is InChI=1S/C31H34FN5O4Si.C18H21BrN2O4Si.C14H15FN2/c1-42(2,3)17-16-40-20-37-28-23-6-4-5-7-26(23)41-31(39)27(28)34-30(37)25(38)19-35-12-14-36(15-13-35)29-24-18-22(32)9-8-21(24)10-11-33-29;1-12(25-19)17-20-15-16(21(17)11-23-9-10-26(2,3)4)13-7-5-6-8-14(13)24-18(15)22;15-12-5-4-11-6-7-16-14(13(11)10-12)17-8-2-1-3-9-17/h4-11,18H,12-17,19-20H2,1-3H3;5-8H,1,9-11H2,2-4H3;4-7,10H,1-3,8-9H2. The van der Waals surface area contributed by atoms with Gasteiger partial charge in [0.05, 0.1) is 17.6 Å². The number of imidazole rings is 2. The zero-order chi connectivity index (χ0) is 60.0. The fraction of sp³-hybridized carbons (Fsp3) is 0.349. The van der Waals surface area contributed by atoms with Crippen LogP contribution in [0, 0.1) is 11.6 Å². The topological polar surface area (TPSA) is 176 Å². The van der Waals surface area contributed by atoms with E-state index in [1.165, 1.54) is 37.5 Å². The fourth-order valence-electron chi connectivity index (χ4n) is 10.6. The Hall–Kier alpha value is -7.48. The van der Waals surface area contributed by atoms with Gasteiger partial charge in [0.25, 0.3) is 0 Å². The van der Waals surface area contributed by atoms with Crippen molar-refractivity contribution in [3.05, 3.63) is 160 Å². The lowest BCUT2D eigenvalue weighted by atomic mass is 10.1. The first kappa shape index (κ1) is 60.6. The molecule has 0 radical (unpaired) electrons. The number of hydrogen-bond acceptors (Lipinski definition) is 15. The number of carbonyl (C=O) groups is 1. The molecular formula is C63H70BrF2N9O8Si2. The first-order valence-electron chi connectivity index (χ1n) is 28.7. The molecule has 85 heavy (non-hydrogen) atoms. The van der Waals surface area contributed by atoms with Crippen molar-refractivity contribution < 1.29 is 35.7 Å². The predicted octanol–water partition coefficient (Wildman–Crippen LogP) is 13.3. The summed E-state index contributed by atoms with van der Waals surface area (Å²) in [5, 5.41) is 5.19. The summed E-state index contributed by atoms with van der Waals surface area (Å²) in [5.74, 6) is 1.90. The summed E-state index contributed by atoms with van der Waals surface area (Å²) in [6.45, 7) is 23.9. The third-order valence-electron chi connectivity index (χ3n) is 15.1. The maximum Gasteiger partial charge on any atom is 0.364 e. The lowest BCUT2D eigenvalue weighted by Gasteiger charge is -2.35. The van der Waals surface area contributed by atoms with Crippen LogP contribution in [0.4, 0.5) is 20.4 Å². The molecule has 0 amide bonds. The fourth-order valence-corrected chi connectivity index (χ4v) is 12.2. The Balaban J connectivity index is 0.000000158. The van der Waals surface area contributed by atoms with Crippen LogP contribution in [0.1, 0.15) is 35.7 Å². The number of nitrogens with zero attached hydrogens (tertiary/aromatic N) is 9. The summed E-state index contributed by atoms with van der Waals surface area (Å²) in [6, 6.07) is 30.1. The second kappa shape index (κ2) is 26.4. The second-order valence-electron chi connectivity index (χ2n) is 23.8. The van der Waals surface area contributed by atoms with Crippen LogP contribution < -0.4 is 21.1 Å². The number of para-hydroxylation sites is 2. The van der Waals surface area contributed by atoms with E-state index in [0.29, 0.717) is 78.6 Å². The van der Waals surface area contributed by atoms with Gasteiger partial charge in [-0.2, -0.15) is 0 Å². The second-order valence-corrected chi connectivity index (χ2v) is 35.4. The van der Waals surface area contributed by atoms with Gasteiger partial charge in [-0.15, -0.1) is 0 Å². The minimum Gasteiger partial charge on any atom is -0.421 e. The van der Waals surface area contributed by atoms with Crippen molar-refractivity contribution >= 4 is 121 Å². The molecule has 2 aliphatic heterocycles. The number of carbonyl (C=O) groups excluding carboxylic acids is 1. The molecule has 4 aromatic carbocycles. The van der Waals surface area contributed by atoms with Gasteiger partial charge in [-0.1, -0.05) is 82.3 Å². The van der Waals surface area contributed by atoms with E-state index in [1.54, 1.807) is 41.1 Å². The SMILES string of the molecule is C=C(OBr)c1nc2c(=O)oc3ccccc3c2n1COCC[Si](C)(C)C.C[Si](C)(C)CCOCn1c(C(=O)CN2CCN(c3nccc4ccc(F)cc34)CC2)nc2c(=O)oc3ccccc3c21.Fc1ccc2ccnc(N3CCCCC3)c2c1. The number of aromatic nitrogens is 6. The van der Waals surface area contributed by atoms with E-state index in [0.717, 1.165) is 63.7 Å². The summed E-state index contributed by atoms with van der Waals surface area (Å²) in [6.07, 6.45) is 7.24. The lowest BCUT2D eigenvalue weighted by molar-refractivity contribution is 0.0792. The molecule has 0 atom stereocenters. The Labute approximate surface area is 501 Å². The third-order valence-corrected chi connectivity index (χ3v) is 18.9. The van der Waals surface area contributed by atoms with Gasteiger partial charge in [-0.05, 0) is 103 Å². The van der Waals surface area contributed by atoms with Crippen LogP contribution in [-0.2, 0) is 26.8 Å². The van der Waals surface area contributed by atoms with E-state index in [9.17, 15) is 23.2 Å². The maximum atomic E-state index is 14.0. The summed E-state index contributed by atoms with van der Waals surface area (Å²) in [7, 11) is -2.51. The zero-order valence-corrected chi connectivity index (χ0v) is 52.4. The Morgan fingerprint density at radius 3 is 1.54 bits per heavy atom. The van der Waals surface area contributed by atoms with Crippen molar-refractivity contribution in [2.75, 3.05) is 68.8 Å². The number of fused-ring (bicyclic) bond motifs is 8. The molecule has 17 nitrogen and oxygen atoms in total. The van der Waals surface area contributed by atoms with Crippen LogP contribution >= 0.6 is 16.3 Å². The van der Waals surface area contributed by atoms with E-state index in [-0.39, 0.29) is 54.3 Å². The molecule has 10 aromatic rings. The average molecular weight is 1260 g/mol. The number of anilines is 2. The molecule has 2 fully saturated rings. The van der Waals surface area contributed by atoms with Gasteiger partial charge >= 0.3 is 11.3 Å². The first-order chi connectivity index (χ1) is 40.8. The zero-order valence-electron chi connectivity index (χ0n) is 48.8. The molecule has 8 heterocycles. The molecule has 2 aliphatic rings. The predicted molar refractivity (Wildman–Crippen MR) is 341 cm³/mol. The molecule has 0 spiro atoms. The molecule has 0 unspecified atom stereocenters. The summed E-state index contributed by atoms with van der Waals surface area (Å²) in [5.41, 5.74) is 1.45. The quantitative estimate of drug-likeness (QED) is 0.0276. The number of ketones is 1. The highest BCUT2D eigenvalue weighted by atomic mass is 79.9. The van der Waals surface area contributed by atoms with Crippen LogP contribution in [0.25, 0.3) is 71.3 Å². The number of hydrogen-bond donors (Lipinski definition) is 0. The normalized spacial score (nSPS) is 14.3. The number of ether oxygens (including phenoxy) is 2. The van der Waals surface area contributed by atoms with Crippen molar-refractivity contribution in [3.8, 4) is 0 Å². The van der Waals surface area contributed by atoms with Gasteiger partial charge in [0.1, 0.15) is 47.9 Å². The first-order valence-corrected chi connectivity index (χ1v) is 36.7. The highest BCUT2D eigenvalue weighted by Crippen LogP contribution is 2.31. The highest BCUT2D eigenvalue weighted by molar-refractivity contribution is 9.06. The molecule has 0 N–H and O–H groups in total. The van der Waals surface area contributed by atoms with Crippen molar-refractivity contribution in [1.82, 2.24) is 34.0 Å². The Morgan fingerprint density at radius 2 is 1.06 bits per heavy atom. The highest BCUT2D eigenvalue weighted by Gasteiger charge is 2.28. The number of piperazine rings is 1. The number of halogens is 3. The number of piperidine rings is 1. The molecule has 12 rings (SSSR count). The minimum atomic E-state index is -1.31. The van der Waals surface area contributed by atoms with E-state index < -0.39 is 27.4 Å². The van der Waals surface area contributed by atoms with Gasteiger partial charge in [-0.3, -0.25) is 18.8 Å². The monoisotopic (exact) mass is 1250 g/mol. The number of Topliss-reactive ketones (excluding diaryl/α,β-unsaturated/α-hetero) is 1. The molecule has 2 saturated heterocycles.